The molecule has 1 aliphatic rings. The van der Waals surface area contributed by atoms with Crippen LogP contribution in [0.25, 0.3) is 0 Å². The standard InChI is InChI=1S/C13H17BrN2O3/c14-10-2-1-3-11(8-10)19-7-5-16-4-6-18-9-12(16)13(15)17/h1-3,8,12H,4-7,9H2,(H2,15,17). The third-order valence-electron chi connectivity index (χ3n) is 3.01. The predicted molar refractivity (Wildman–Crippen MR) is 75.0 cm³/mol. The van der Waals surface area contributed by atoms with E-state index in [0.29, 0.717) is 32.9 Å². The molecule has 1 aromatic carbocycles. The maximum Gasteiger partial charge on any atom is 0.237 e. The summed E-state index contributed by atoms with van der Waals surface area (Å²) in [4.78, 5) is 13.3. The third kappa shape index (κ3) is 4.19. The van der Waals surface area contributed by atoms with Crippen molar-refractivity contribution in [2.75, 3.05) is 32.9 Å². The Bertz CT molecular complexity index is 442. The highest BCUT2D eigenvalue weighted by Gasteiger charge is 2.27. The van der Waals surface area contributed by atoms with E-state index in [0.717, 1.165) is 10.2 Å². The largest absolute Gasteiger partial charge is 0.492 e. The Kier molecular flexibility index (Phi) is 5.18. The van der Waals surface area contributed by atoms with Crippen LogP contribution in [0.3, 0.4) is 0 Å². The van der Waals surface area contributed by atoms with Crippen LogP contribution in [0, 0.1) is 0 Å². The molecule has 1 aromatic rings. The monoisotopic (exact) mass is 328 g/mol. The first-order valence-electron chi connectivity index (χ1n) is 6.16. The van der Waals surface area contributed by atoms with Gasteiger partial charge in [-0.25, -0.2) is 0 Å². The molecule has 1 fully saturated rings. The number of amides is 1. The molecular weight excluding hydrogens is 312 g/mol. The number of halogens is 1. The molecular formula is C13H17BrN2O3. The average Bonchev–Trinajstić information content (AvgIpc) is 2.39. The van der Waals surface area contributed by atoms with Crippen molar-refractivity contribution < 1.29 is 14.3 Å². The minimum absolute atomic E-state index is 0.345. The quantitative estimate of drug-likeness (QED) is 0.876. The summed E-state index contributed by atoms with van der Waals surface area (Å²) in [5, 5.41) is 0. The number of ether oxygens (including phenoxy) is 2. The van der Waals surface area contributed by atoms with Crippen LogP contribution in [0.2, 0.25) is 0 Å². The van der Waals surface area contributed by atoms with Crippen molar-refractivity contribution in [3.8, 4) is 5.75 Å². The number of carbonyl (C=O) groups excluding carboxylic acids is 1. The molecule has 5 nitrogen and oxygen atoms in total. The van der Waals surface area contributed by atoms with Gasteiger partial charge in [0.25, 0.3) is 0 Å². The van der Waals surface area contributed by atoms with E-state index < -0.39 is 0 Å². The Balaban J connectivity index is 1.82. The first-order valence-corrected chi connectivity index (χ1v) is 6.95. The molecule has 0 radical (unpaired) electrons. The van der Waals surface area contributed by atoms with Gasteiger partial charge in [-0.3, -0.25) is 9.69 Å². The highest BCUT2D eigenvalue weighted by Crippen LogP contribution is 2.17. The smallest absolute Gasteiger partial charge is 0.237 e. The summed E-state index contributed by atoms with van der Waals surface area (Å²) in [6.07, 6.45) is 0. The second kappa shape index (κ2) is 6.88. The van der Waals surface area contributed by atoms with Gasteiger partial charge in [-0.15, -0.1) is 0 Å². The van der Waals surface area contributed by atoms with Gasteiger partial charge in [0.1, 0.15) is 18.4 Å². The highest BCUT2D eigenvalue weighted by molar-refractivity contribution is 9.10. The second-order valence-corrected chi connectivity index (χ2v) is 5.25. The Morgan fingerprint density at radius 3 is 3.16 bits per heavy atom. The average molecular weight is 329 g/mol. The van der Waals surface area contributed by atoms with Crippen molar-refractivity contribution in [1.82, 2.24) is 4.90 Å². The number of benzene rings is 1. The fourth-order valence-electron chi connectivity index (χ4n) is 2.01. The van der Waals surface area contributed by atoms with Crippen LogP contribution in [-0.2, 0) is 9.53 Å². The van der Waals surface area contributed by atoms with Gasteiger partial charge < -0.3 is 15.2 Å². The molecule has 1 aliphatic heterocycles. The SMILES string of the molecule is NC(=O)C1COCCN1CCOc1cccc(Br)c1. The minimum Gasteiger partial charge on any atom is -0.492 e. The predicted octanol–water partition coefficient (Wildman–Crippen LogP) is 1.01. The fourth-order valence-corrected chi connectivity index (χ4v) is 2.38. The van der Waals surface area contributed by atoms with Gasteiger partial charge >= 0.3 is 0 Å². The van der Waals surface area contributed by atoms with E-state index in [1.807, 2.05) is 29.2 Å². The molecule has 6 heteroatoms. The van der Waals surface area contributed by atoms with E-state index in [1.54, 1.807) is 0 Å². The summed E-state index contributed by atoms with van der Waals surface area (Å²) < 4.78 is 11.9. The molecule has 1 heterocycles. The summed E-state index contributed by atoms with van der Waals surface area (Å²) >= 11 is 3.39. The van der Waals surface area contributed by atoms with Gasteiger partial charge in [-0.05, 0) is 18.2 Å². The van der Waals surface area contributed by atoms with Crippen molar-refractivity contribution >= 4 is 21.8 Å². The van der Waals surface area contributed by atoms with Gasteiger partial charge in [-0.1, -0.05) is 22.0 Å². The molecule has 2 rings (SSSR count). The molecule has 2 N–H and O–H groups in total. The summed E-state index contributed by atoms with van der Waals surface area (Å²) in [6.45, 7) is 2.87. The molecule has 0 bridgehead atoms. The van der Waals surface area contributed by atoms with Crippen molar-refractivity contribution in [3.63, 3.8) is 0 Å². The number of hydrogen-bond acceptors (Lipinski definition) is 4. The van der Waals surface area contributed by atoms with Crippen molar-refractivity contribution in [2.24, 2.45) is 5.73 Å². The lowest BCUT2D eigenvalue weighted by Crippen LogP contribution is -2.53. The van der Waals surface area contributed by atoms with Crippen LogP contribution in [0.1, 0.15) is 0 Å². The highest BCUT2D eigenvalue weighted by atomic mass is 79.9. The lowest BCUT2D eigenvalue weighted by Gasteiger charge is -2.33. The topological polar surface area (TPSA) is 64.8 Å². The molecule has 0 aromatic heterocycles. The van der Waals surface area contributed by atoms with Crippen LogP contribution in [-0.4, -0.2) is 49.8 Å². The second-order valence-electron chi connectivity index (χ2n) is 4.33. The summed E-state index contributed by atoms with van der Waals surface area (Å²) in [6, 6.07) is 7.32. The van der Waals surface area contributed by atoms with Gasteiger partial charge in [0.15, 0.2) is 0 Å². The molecule has 1 saturated heterocycles. The first kappa shape index (κ1) is 14.3. The normalized spacial score (nSPS) is 20.2. The molecule has 0 saturated carbocycles. The zero-order valence-electron chi connectivity index (χ0n) is 10.5. The van der Waals surface area contributed by atoms with Gasteiger partial charge in [-0.2, -0.15) is 0 Å². The van der Waals surface area contributed by atoms with E-state index in [2.05, 4.69) is 15.9 Å². The van der Waals surface area contributed by atoms with Gasteiger partial charge in [0.05, 0.1) is 13.2 Å². The van der Waals surface area contributed by atoms with Crippen LogP contribution in [0.15, 0.2) is 28.7 Å². The number of morpholine rings is 1. The van der Waals surface area contributed by atoms with Crippen molar-refractivity contribution in [3.05, 3.63) is 28.7 Å². The van der Waals surface area contributed by atoms with E-state index in [-0.39, 0.29) is 11.9 Å². The molecule has 0 spiro atoms. The van der Waals surface area contributed by atoms with Crippen LogP contribution in [0.5, 0.6) is 5.75 Å². The van der Waals surface area contributed by atoms with E-state index >= 15 is 0 Å². The Labute approximate surface area is 120 Å². The zero-order valence-corrected chi connectivity index (χ0v) is 12.1. The lowest BCUT2D eigenvalue weighted by molar-refractivity contribution is -0.129. The minimum atomic E-state index is -0.347. The van der Waals surface area contributed by atoms with E-state index in [4.69, 9.17) is 15.2 Å². The number of nitrogens with two attached hydrogens (primary N) is 1. The number of carbonyl (C=O) groups is 1. The van der Waals surface area contributed by atoms with Crippen LogP contribution in [0.4, 0.5) is 0 Å². The Hall–Kier alpha value is -1.11. The maximum atomic E-state index is 11.3. The first-order chi connectivity index (χ1) is 9.16. The number of rotatable bonds is 5. The molecule has 1 atom stereocenters. The molecule has 1 unspecified atom stereocenters. The van der Waals surface area contributed by atoms with Crippen LogP contribution >= 0.6 is 15.9 Å². The molecule has 19 heavy (non-hydrogen) atoms. The van der Waals surface area contributed by atoms with Gasteiger partial charge in [0, 0.05) is 17.6 Å². The van der Waals surface area contributed by atoms with Gasteiger partial charge in [0.2, 0.25) is 5.91 Å². The third-order valence-corrected chi connectivity index (χ3v) is 3.50. The number of hydrogen-bond donors (Lipinski definition) is 1. The lowest BCUT2D eigenvalue weighted by atomic mass is 10.2. The Morgan fingerprint density at radius 1 is 1.58 bits per heavy atom. The molecule has 104 valence electrons. The maximum absolute atomic E-state index is 11.3. The molecule has 0 aliphatic carbocycles. The zero-order chi connectivity index (χ0) is 13.7. The fraction of sp³-hybridized carbons (Fsp3) is 0.462. The summed E-state index contributed by atoms with van der Waals surface area (Å²) in [5.74, 6) is 0.459. The summed E-state index contributed by atoms with van der Waals surface area (Å²) in [5.41, 5.74) is 5.35. The van der Waals surface area contributed by atoms with Crippen molar-refractivity contribution in [1.29, 1.82) is 0 Å². The molecule has 1 amide bonds. The van der Waals surface area contributed by atoms with Crippen LogP contribution < -0.4 is 10.5 Å². The van der Waals surface area contributed by atoms with E-state index in [1.165, 1.54) is 0 Å². The summed E-state index contributed by atoms with van der Waals surface area (Å²) in [7, 11) is 0. The Morgan fingerprint density at radius 2 is 2.42 bits per heavy atom. The number of primary amides is 1. The number of nitrogens with zero attached hydrogens (tertiary/aromatic N) is 1. The van der Waals surface area contributed by atoms with E-state index in [9.17, 15) is 4.79 Å². The van der Waals surface area contributed by atoms with Crippen molar-refractivity contribution in [2.45, 2.75) is 6.04 Å².